The molecule has 1 aliphatic heterocycles. The zero-order chi connectivity index (χ0) is 25.0. The van der Waals surface area contributed by atoms with Crippen molar-refractivity contribution >= 4 is 38.0 Å². The molecular formula is C24H28N4O5S2. The Balaban J connectivity index is 1.49. The van der Waals surface area contributed by atoms with E-state index in [9.17, 15) is 13.2 Å². The molecule has 3 heterocycles. The van der Waals surface area contributed by atoms with Crippen molar-refractivity contribution in [3.05, 3.63) is 47.6 Å². The number of thiazole rings is 1. The van der Waals surface area contributed by atoms with Crippen LogP contribution in [0.15, 0.2) is 46.8 Å². The maximum atomic E-state index is 12.6. The van der Waals surface area contributed by atoms with Crippen molar-refractivity contribution in [3.8, 4) is 17.0 Å². The Morgan fingerprint density at radius 1 is 1.26 bits per heavy atom. The zero-order valence-electron chi connectivity index (χ0n) is 19.6. The van der Waals surface area contributed by atoms with E-state index in [1.54, 1.807) is 18.3 Å². The first-order chi connectivity index (χ1) is 16.7. The molecule has 3 N–H and O–H groups in total. The smallest absolute Gasteiger partial charge is 0.238 e. The predicted molar refractivity (Wildman–Crippen MR) is 135 cm³/mol. The summed E-state index contributed by atoms with van der Waals surface area (Å²) in [6.07, 6.45) is 3.83. The number of ether oxygens (including phenoxy) is 2. The van der Waals surface area contributed by atoms with Gasteiger partial charge in [-0.15, -0.1) is 11.3 Å². The molecular weight excluding hydrogens is 488 g/mol. The van der Waals surface area contributed by atoms with Crippen LogP contribution in [0.1, 0.15) is 43.6 Å². The molecule has 2 aromatic heterocycles. The van der Waals surface area contributed by atoms with Crippen LogP contribution in [0.25, 0.3) is 11.3 Å². The number of benzene rings is 1. The summed E-state index contributed by atoms with van der Waals surface area (Å²) < 4.78 is 34.8. The molecule has 3 aromatic rings. The number of carbonyl (C=O) groups excluding carboxylic acids is 1. The summed E-state index contributed by atoms with van der Waals surface area (Å²) in [5, 5.41) is 10.8. The Labute approximate surface area is 208 Å². The molecule has 0 radical (unpaired) electrons. The Kier molecular flexibility index (Phi) is 7.80. The number of nitrogens with one attached hydrogen (secondary N) is 1. The summed E-state index contributed by atoms with van der Waals surface area (Å²) in [5.74, 6) is 0.872. The van der Waals surface area contributed by atoms with Gasteiger partial charge in [0.15, 0.2) is 10.9 Å². The summed E-state index contributed by atoms with van der Waals surface area (Å²) in [6.45, 7) is 5.18. The van der Waals surface area contributed by atoms with Gasteiger partial charge < -0.3 is 14.8 Å². The second-order valence-corrected chi connectivity index (χ2v) is 11.1. The molecule has 0 amide bonds. The van der Waals surface area contributed by atoms with Crippen LogP contribution in [0.3, 0.4) is 0 Å². The van der Waals surface area contributed by atoms with E-state index in [0.29, 0.717) is 53.5 Å². The minimum atomic E-state index is -3.88. The van der Waals surface area contributed by atoms with Gasteiger partial charge in [0.25, 0.3) is 0 Å². The summed E-state index contributed by atoms with van der Waals surface area (Å²) in [5.41, 5.74) is 2.35. The number of anilines is 2. The third kappa shape index (κ3) is 6.63. The van der Waals surface area contributed by atoms with Crippen LogP contribution < -0.4 is 15.2 Å². The fourth-order valence-corrected chi connectivity index (χ4v) is 5.02. The van der Waals surface area contributed by atoms with Crippen molar-refractivity contribution in [1.29, 1.82) is 0 Å². The molecule has 35 heavy (non-hydrogen) atoms. The quantitative estimate of drug-likeness (QED) is 0.400. The van der Waals surface area contributed by atoms with Crippen LogP contribution in [-0.2, 0) is 14.8 Å². The number of carbonyl (C=O) groups is 1. The Hall–Kier alpha value is -2.86. The number of hydrogen-bond donors (Lipinski definition) is 2. The molecule has 0 saturated carbocycles. The van der Waals surface area contributed by atoms with Crippen LogP contribution in [0.5, 0.6) is 5.75 Å². The highest BCUT2D eigenvalue weighted by atomic mass is 32.2. The number of ketones is 1. The topological polar surface area (TPSA) is 134 Å². The molecule has 1 aliphatic rings. The van der Waals surface area contributed by atoms with E-state index in [0.717, 1.165) is 18.4 Å². The van der Waals surface area contributed by atoms with Gasteiger partial charge in [-0.2, -0.15) is 0 Å². The predicted octanol–water partition coefficient (Wildman–Crippen LogP) is 4.38. The van der Waals surface area contributed by atoms with E-state index in [1.165, 1.54) is 23.5 Å². The maximum Gasteiger partial charge on any atom is 0.238 e. The maximum absolute atomic E-state index is 12.6. The van der Waals surface area contributed by atoms with Gasteiger partial charge in [-0.1, -0.05) is 0 Å². The van der Waals surface area contributed by atoms with Crippen LogP contribution in [0.4, 0.5) is 10.8 Å². The summed E-state index contributed by atoms with van der Waals surface area (Å²) in [4.78, 5) is 21.5. The lowest BCUT2D eigenvalue weighted by molar-refractivity contribution is 0.0599. The fraction of sp³-hybridized carbons (Fsp3) is 0.375. The second kappa shape index (κ2) is 10.8. The van der Waals surface area contributed by atoms with Crippen molar-refractivity contribution in [3.63, 3.8) is 0 Å². The molecule has 1 saturated heterocycles. The standard InChI is InChI=1S/C24H28N4O5S2/c1-15(2)33-23-6-4-18(35(25,30)31)12-20(23)27-24-28-21(14-34-24)17-3-5-19(26-13-17)22(29)11-16-7-9-32-10-8-16/h3-6,12-16H,7-11H2,1-2H3,(H,27,28)(H2,25,30,31). The number of Topliss-reactive ketones (excluding diaryl/α,β-unsaturated/α-hetero) is 1. The molecule has 0 unspecified atom stereocenters. The number of sulfonamides is 1. The molecule has 4 rings (SSSR count). The van der Waals surface area contributed by atoms with Crippen molar-refractivity contribution in [2.45, 2.75) is 44.1 Å². The van der Waals surface area contributed by atoms with E-state index < -0.39 is 10.0 Å². The van der Waals surface area contributed by atoms with Crippen molar-refractivity contribution in [2.75, 3.05) is 18.5 Å². The van der Waals surface area contributed by atoms with Crippen molar-refractivity contribution in [1.82, 2.24) is 9.97 Å². The number of rotatable bonds is 9. The SMILES string of the molecule is CC(C)Oc1ccc(S(N)(=O)=O)cc1Nc1nc(-c2ccc(C(=O)CC3CCOCC3)nc2)cs1. The fourth-order valence-electron chi connectivity index (χ4n) is 3.75. The van der Waals surface area contributed by atoms with Gasteiger partial charge in [-0.05, 0) is 62.9 Å². The number of aromatic nitrogens is 2. The van der Waals surface area contributed by atoms with Crippen LogP contribution in [0, 0.1) is 5.92 Å². The van der Waals surface area contributed by atoms with Crippen molar-refractivity contribution < 1.29 is 22.7 Å². The number of primary sulfonamides is 1. The van der Waals surface area contributed by atoms with E-state index >= 15 is 0 Å². The van der Waals surface area contributed by atoms with Crippen LogP contribution in [-0.4, -0.2) is 43.5 Å². The molecule has 186 valence electrons. The molecule has 0 bridgehead atoms. The van der Waals surface area contributed by atoms with Gasteiger partial charge in [-0.25, -0.2) is 18.5 Å². The highest BCUT2D eigenvalue weighted by Gasteiger charge is 2.19. The normalized spacial score (nSPS) is 14.7. The second-order valence-electron chi connectivity index (χ2n) is 8.65. The highest BCUT2D eigenvalue weighted by Crippen LogP contribution is 2.33. The number of nitrogens with two attached hydrogens (primary N) is 1. The lowest BCUT2D eigenvalue weighted by atomic mass is 9.93. The molecule has 1 fully saturated rings. The van der Waals surface area contributed by atoms with Gasteiger partial charge in [0, 0.05) is 36.8 Å². The first-order valence-electron chi connectivity index (χ1n) is 11.3. The summed E-state index contributed by atoms with van der Waals surface area (Å²) >= 11 is 1.35. The van der Waals surface area contributed by atoms with Crippen LogP contribution in [0.2, 0.25) is 0 Å². The van der Waals surface area contributed by atoms with E-state index in [1.807, 2.05) is 25.3 Å². The summed E-state index contributed by atoms with van der Waals surface area (Å²) in [6, 6.07) is 7.96. The van der Waals surface area contributed by atoms with Gasteiger partial charge in [0.2, 0.25) is 10.0 Å². The largest absolute Gasteiger partial charge is 0.489 e. The van der Waals surface area contributed by atoms with Gasteiger partial charge >= 0.3 is 0 Å². The molecule has 11 heteroatoms. The number of pyridine rings is 1. The minimum absolute atomic E-state index is 0.0295. The zero-order valence-corrected chi connectivity index (χ0v) is 21.2. The molecule has 0 atom stereocenters. The highest BCUT2D eigenvalue weighted by molar-refractivity contribution is 7.89. The number of hydrogen-bond acceptors (Lipinski definition) is 9. The first kappa shape index (κ1) is 25.2. The average molecular weight is 517 g/mol. The Morgan fingerprint density at radius 3 is 2.69 bits per heavy atom. The molecule has 9 nitrogen and oxygen atoms in total. The van der Waals surface area contributed by atoms with E-state index in [2.05, 4.69) is 15.3 Å². The third-order valence-corrected chi connectivity index (χ3v) is 7.22. The Morgan fingerprint density at radius 2 is 2.03 bits per heavy atom. The van der Waals surface area contributed by atoms with E-state index in [4.69, 9.17) is 14.6 Å². The van der Waals surface area contributed by atoms with Gasteiger partial charge in [-0.3, -0.25) is 9.78 Å². The van der Waals surface area contributed by atoms with E-state index in [-0.39, 0.29) is 16.8 Å². The van der Waals surface area contributed by atoms with Crippen molar-refractivity contribution in [2.24, 2.45) is 11.1 Å². The lowest BCUT2D eigenvalue weighted by Crippen LogP contribution is -2.19. The molecule has 1 aromatic carbocycles. The third-order valence-electron chi connectivity index (χ3n) is 5.55. The molecule has 0 aliphatic carbocycles. The van der Waals surface area contributed by atoms with Crippen LogP contribution >= 0.6 is 11.3 Å². The monoisotopic (exact) mass is 516 g/mol. The van der Waals surface area contributed by atoms with Gasteiger partial charge in [0.1, 0.15) is 11.4 Å². The lowest BCUT2D eigenvalue weighted by Gasteiger charge is -2.20. The average Bonchev–Trinajstić information content (AvgIpc) is 3.28. The summed E-state index contributed by atoms with van der Waals surface area (Å²) in [7, 11) is -3.88. The van der Waals surface area contributed by atoms with Gasteiger partial charge in [0.05, 0.1) is 22.4 Å². The molecule has 0 spiro atoms. The minimum Gasteiger partial charge on any atom is -0.489 e. The first-order valence-corrected chi connectivity index (χ1v) is 13.7. The number of nitrogens with zero attached hydrogens (tertiary/aromatic N) is 2. The Bertz CT molecular complexity index is 1280.